The topological polar surface area (TPSA) is 96.4 Å². The zero-order valence-corrected chi connectivity index (χ0v) is 47.9. The molecule has 8 nitrogen and oxygen atoms in total. The van der Waals surface area contributed by atoms with Gasteiger partial charge in [-0.15, -0.1) is 0 Å². The molecule has 4 saturated heterocycles. The van der Waals surface area contributed by atoms with Gasteiger partial charge in [0.25, 0.3) is 0 Å². The second-order valence-corrected chi connectivity index (χ2v) is 28.3. The number of likely N-dealkylation sites (tertiary alicyclic amines) is 2. The first-order valence-electron chi connectivity index (χ1n) is 30.7. The minimum absolute atomic E-state index is 0.0768. The van der Waals surface area contributed by atoms with Crippen LogP contribution in [0.1, 0.15) is 184 Å². The smallest absolute Gasteiger partial charge is 0.393 e. The third kappa shape index (κ3) is 9.47. The molecule has 0 radical (unpaired) electrons. The third-order valence-corrected chi connectivity index (χ3v) is 24.4. The summed E-state index contributed by atoms with van der Waals surface area (Å²) in [5.41, 5.74) is 8.68. The number of carbonyl (C=O) groups excluding carboxylic acids is 3. The maximum atomic E-state index is 12.8. The van der Waals surface area contributed by atoms with Crippen LogP contribution in [0, 0.1) is 70.0 Å². The SMILES string of the molecule is CC1=C2C[C@H]3[C@@H](CC=C4CC(=O)CC[C@@]43C)[C@@H]2CC[C@]12O[C@@H]1C[C@H](C)CN(CCCC(=O)C(F)(F)F)[C@H]1[C@H]2C.CC1=C2C[C@H]3[C@@H](CC=C4C[C@@H](O)CC[C@@]43C)[C@@H]2CC[C@]12O[C@@H]1C[C@H](C)CN(CCCC(=O)C(F)(F)F)[C@H]1[C@H]2C. The van der Waals surface area contributed by atoms with Gasteiger partial charge in [0.1, 0.15) is 5.78 Å². The predicted molar refractivity (Wildman–Crippen MR) is 287 cm³/mol. The molecule has 19 atom stereocenters. The molecular formula is C64H90F6N2O6. The molecule has 8 aliphatic carbocycles. The normalized spacial score (nSPS) is 45.1. The Hall–Kier alpha value is -2.65. The van der Waals surface area contributed by atoms with E-state index in [-0.39, 0.29) is 77.1 Å². The second kappa shape index (κ2) is 20.6. The van der Waals surface area contributed by atoms with Crippen LogP contribution in [-0.4, -0.2) is 112 Å². The summed E-state index contributed by atoms with van der Waals surface area (Å²) in [5.74, 6) is 2.25. The lowest BCUT2D eigenvalue weighted by molar-refractivity contribution is -0.171. The van der Waals surface area contributed by atoms with Gasteiger partial charge in [-0.25, -0.2) is 0 Å². The lowest BCUT2D eigenvalue weighted by atomic mass is 9.56. The van der Waals surface area contributed by atoms with Crippen LogP contribution in [0.2, 0.25) is 0 Å². The molecule has 4 aliphatic heterocycles. The summed E-state index contributed by atoms with van der Waals surface area (Å²) in [6, 6.07) is 0.358. The van der Waals surface area contributed by atoms with E-state index in [0.29, 0.717) is 79.1 Å². The number of ether oxygens (including phenoxy) is 2. The number of halogens is 6. The highest BCUT2D eigenvalue weighted by atomic mass is 19.4. The van der Waals surface area contributed by atoms with E-state index in [0.717, 1.165) is 103 Å². The van der Waals surface area contributed by atoms with Crippen LogP contribution >= 0.6 is 0 Å². The summed E-state index contributed by atoms with van der Waals surface area (Å²) in [6.07, 6.45) is 10.8. The quantitative estimate of drug-likeness (QED) is 0.190. The Bertz CT molecular complexity index is 2520. The van der Waals surface area contributed by atoms with Crippen LogP contribution in [0.5, 0.6) is 0 Å². The molecule has 8 fully saturated rings. The van der Waals surface area contributed by atoms with E-state index in [4.69, 9.17) is 9.47 Å². The van der Waals surface area contributed by atoms with Crippen LogP contribution in [0.3, 0.4) is 0 Å². The van der Waals surface area contributed by atoms with E-state index in [2.05, 4.69) is 77.3 Å². The first-order chi connectivity index (χ1) is 36.7. The lowest BCUT2D eigenvalue weighted by Gasteiger charge is -2.49. The van der Waals surface area contributed by atoms with Crippen molar-refractivity contribution in [3.05, 3.63) is 45.6 Å². The molecule has 0 aromatic heterocycles. The van der Waals surface area contributed by atoms with Gasteiger partial charge in [0.05, 0.1) is 29.5 Å². The van der Waals surface area contributed by atoms with E-state index in [1.807, 2.05) is 0 Å². The molecule has 14 heteroatoms. The number of aliphatic hydroxyl groups excluding tert-OH is 1. The number of Topliss-reactive ketones (excluding diaryl/α,β-unsaturated/α-hetero) is 3. The molecule has 0 unspecified atom stereocenters. The highest BCUT2D eigenvalue weighted by Crippen LogP contribution is 2.67. The van der Waals surface area contributed by atoms with Gasteiger partial charge in [-0.05, 0) is 199 Å². The van der Waals surface area contributed by atoms with Crippen molar-refractivity contribution in [2.45, 2.75) is 238 Å². The van der Waals surface area contributed by atoms with Gasteiger partial charge in [0.2, 0.25) is 11.6 Å². The number of carbonyl (C=O) groups is 3. The standard InChI is InChI=1S/C32H46F3NO3.C32H44F3NO3/c2*1-18-14-27-29(36(17-18)13-5-6-28(38)32(33,34)35)20(3)31(39-27)12-10-23-24-8-7-21-15-22(37)9-11-30(21,4)26(24)16-25(23)19(31)2/h7,18,20,22-24,26-27,29,37H,5-6,8-17H2,1-4H3;7,18,20,23-24,26-27,29H,5-6,8-17H2,1-4H3/t18-,20+,22-,23-,24-,26-,27+,29-,30-,31-;18-,20+,23-,24-,26-,27+,29-,30-,31-/m00/s1. The number of nitrogens with zero attached hydrogens (tertiary/aromatic N) is 2. The number of piperidine rings is 2. The average Bonchev–Trinajstić information content (AvgIpc) is 3.90. The molecule has 0 bridgehead atoms. The molecule has 12 aliphatic rings. The second-order valence-electron chi connectivity index (χ2n) is 28.3. The molecule has 0 aromatic carbocycles. The van der Waals surface area contributed by atoms with Crippen molar-refractivity contribution < 1.29 is 55.3 Å². The highest BCUT2D eigenvalue weighted by Gasteiger charge is 2.64. The number of allylic oxidation sites excluding steroid dienone is 5. The molecule has 4 saturated carbocycles. The Kier molecular flexibility index (Phi) is 15.1. The van der Waals surface area contributed by atoms with Crippen molar-refractivity contribution in [3.8, 4) is 0 Å². The van der Waals surface area contributed by atoms with Gasteiger partial charge in [-0.2, -0.15) is 26.3 Å². The summed E-state index contributed by atoms with van der Waals surface area (Å²) in [5, 5.41) is 10.3. The van der Waals surface area contributed by atoms with Crippen LogP contribution < -0.4 is 0 Å². The van der Waals surface area contributed by atoms with E-state index in [1.165, 1.54) is 22.3 Å². The molecule has 4 heterocycles. The zero-order valence-electron chi connectivity index (χ0n) is 47.9. The van der Waals surface area contributed by atoms with Crippen LogP contribution in [0.25, 0.3) is 0 Å². The molecule has 12 rings (SSSR count). The largest absolute Gasteiger partial charge is 0.449 e. The minimum atomic E-state index is -4.74. The fraction of sp³-hybridized carbons (Fsp3) is 0.828. The first-order valence-corrected chi connectivity index (χ1v) is 30.7. The van der Waals surface area contributed by atoms with Crippen LogP contribution in [0.4, 0.5) is 26.3 Å². The van der Waals surface area contributed by atoms with Gasteiger partial charge in [0.15, 0.2) is 0 Å². The number of fused-ring (bicyclic) bond motifs is 12. The van der Waals surface area contributed by atoms with Crippen molar-refractivity contribution in [3.63, 3.8) is 0 Å². The number of rotatable bonds is 8. The van der Waals surface area contributed by atoms with Gasteiger partial charge < -0.3 is 14.6 Å². The van der Waals surface area contributed by atoms with Gasteiger partial charge in [-0.1, -0.05) is 76.0 Å². The van der Waals surface area contributed by atoms with Crippen molar-refractivity contribution in [2.24, 2.45) is 70.0 Å². The molecule has 0 amide bonds. The lowest BCUT2D eigenvalue weighted by Crippen LogP contribution is -2.52. The van der Waals surface area contributed by atoms with Gasteiger partial charge >= 0.3 is 12.4 Å². The Labute approximate surface area is 460 Å². The number of hydrogen-bond acceptors (Lipinski definition) is 8. The average molecular weight is 1100 g/mol. The van der Waals surface area contributed by atoms with E-state index >= 15 is 0 Å². The fourth-order valence-electron chi connectivity index (χ4n) is 20.4. The highest BCUT2D eigenvalue weighted by molar-refractivity contribution is 5.84. The van der Waals surface area contributed by atoms with Crippen molar-refractivity contribution in [1.82, 2.24) is 9.80 Å². The fourth-order valence-corrected chi connectivity index (χ4v) is 20.4. The molecular weight excluding hydrogens is 1010 g/mol. The van der Waals surface area contributed by atoms with Crippen molar-refractivity contribution in [1.29, 1.82) is 0 Å². The first kappa shape index (κ1) is 57.2. The van der Waals surface area contributed by atoms with Crippen LogP contribution in [-0.2, 0) is 23.9 Å². The Morgan fingerprint density at radius 2 is 1.10 bits per heavy atom. The maximum absolute atomic E-state index is 12.8. The maximum Gasteiger partial charge on any atom is 0.449 e. The van der Waals surface area contributed by atoms with Crippen LogP contribution in [0.15, 0.2) is 45.6 Å². The molecule has 78 heavy (non-hydrogen) atoms. The Morgan fingerprint density at radius 1 is 0.654 bits per heavy atom. The third-order valence-electron chi connectivity index (χ3n) is 24.4. The molecule has 0 aromatic rings. The van der Waals surface area contributed by atoms with Gasteiger partial charge in [-0.3, -0.25) is 24.2 Å². The molecule has 434 valence electrons. The summed E-state index contributed by atoms with van der Waals surface area (Å²) in [4.78, 5) is 39.9. The number of hydrogen-bond donors (Lipinski definition) is 1. The Balaban J connectivity index is 0.000000165. The molecule has 2 spiro atoms. The van der Waals surface area contributed by atoms with E-state index in [9.17, 15) is 45.8 Å². The summed E-state index contributed by atoms with van der Waals surface area (Å²) in [7, 11) is 0. The van der Waals surface area contributed by atoms with Crippen molar-refractivity contribution in [2.75, 3.05) is 26.2 Å². The van der Waals surface area contributed by atoms with E-state index in [1.54, 1.807) is 11.1 Å². The minimum Gasteiger partial charge on any atom is -0.393 e. The number of aliphatic hydroxyl groups is 1. The number of alkyl halides is 6. The summed E-state index contributed by atoms with van der Waals surface area (Å²) < 4.78 is 90.9. The Morgan fingerprint density at radius 3 is 1.56 bits per heavy atom. The monoisotopic (exact) mass is 1100 g/mol. The molecule has 1 N–H and O–H groups in total. The predicted octanol–water partition coefficient (Wildman–Crippen LogP) is 13.5. The van der Waals surface area contributed by atoms with E-state index < -0.39 is 36.8 Å². The van der Waals surface area contributed by atoms with Crippen molar-refractivity contribution >= 4 is 17.3 Å². The van der Waals surface area contributed by atoms with Gasteiger partial charge in [0, 0.05) is 62.7 Å². The zero-order chi connectivity index (χ0) is 55.8. The summed E-state index contributed by atoms with van der Waals surface area (Å²) in [6.45, 7) is 21.2. The summed E-state index contributed by atoms with van der Waals surface area (Å²) >= 11 is 0. The number of ketones is 3.